The second kappa shape index (κ2) is 10.3. The van der Waals surface area contributed by atoms with E-state index in [0.29, 0.717) is 33.3 Å². The van der Waals surface area contributed by atoms with Gasteiger partial charge in [-0.15, -0.1) is 11.3 Å². The van der Waals surface area contributed by atoms with Crippen LogP contribution in [0.25, 0.3) is 5.69 Å². The Labute approximate surface area is 216 Å². The Kier molecular flexibility index (Phi) is 6.93. The van der Waals surface area contributed by atoms with Crippen LogP contribution in [-0.2, 0) is 4.79 Å². The van der Waals surface area contributed by atoms with Crippen LogP contribution in [0.1, 0.15) is 45.7 Å². The summed E-state index contributed by atoms with van der Waals surface area (Å²) in [4.78, 5) is 51.1. The van der Waals surface area contributed by atoms with Gasteiger partial charge in [-0.25, -0.2) is 0 Å². The first-order chi connectivity index (χ1) is 17.4. The van der Waals surface area contributed by atoms with Gasteiger partial charge in [0.2, 0.25) is 5.91 Å². The quantitative estimate of drug-likeness (QED) is 0.441. The lowest BCUT2D eigenvalue weighted by Crippen LogP contribution is -2.48. The number of thiophene rings is 1. The zero-order valence-corrected chi connectivity index (χ0v) is 20.9. The van der Waals surface area contributed by atoms with Gasteiger partial charge in [-0.05, 0) is 68.1 Å². The van der Waals surface area contributed by atoms with Crippen LogP contribution >= 0.6 is 22.9 Å². The maximum absolute atomic E-state index is 13.1. The summed E-state index contributed by atoms with van der Waals surface area (Å²) < 4.78 is 2.00. The van der Waals surface area contributed by atoms with E-state index in [1.54, 1.807) is 54.7 Å². The zero-order chi connectivity index (χ0) is 25.2. The van der Waals surface area contributed by atoms with Gasteiger partial charge in [0.1, 0.15) is 0 Å². The van der Waals surface area contributed by atoms with Gasteiger partial charge in [0.15, 0.2) is 0 Å². The Morgan fingerprint density at radius 2 is 1.56 bits per heavy atom. The minimum atomic E-state index is -0.414. The van der Waals surface area contributed by atoms with Gasteiger partial charge in [0.05, 0.1) is 21.3 Å². The SMILES string of the molecule is O=C(N[C@H]1C[C@H](C(=O)NC2CC2)C[C@H]1NC(=O)c1ccc(Cl)s1)c1ccc(-n2ccccc2=O)cc1. The average Bonchev–Trinajstić information content (AvgIpc) is 3.43. The van der Waals surface area contributed by atoms with Gasteiger partial charge in [-0.1, -0.05) is 17.7 Å². The molecule has 36 heavy (non-hydrogen) atoms. The van der Waals surface area contributed by atoms with E-state index in [1.807, 2.05) is 0 Å². The van der Waals surface area contributed by atoms with Crippen molar-refractivity contribution in [1.29, 1.82) is 0 Å². The van der Waals surface area contributed by atoms with E-state index >= 15 is 0 Å². The molecule has 0 saturated heterocycles. The molecule has 0 unspecified atom stereocenters. The van der Waals surface area contributed by atoms with Crippen LogP contribution in [0.3, 0.4) is 0 Å². The highest BCUT2D eigenvalue weighted by Gasteiger charge is 2.41. The lowest BCUT2D eigenvalue weighted by molar-refractivity contribution is -0.125. The van der Waals surface area contributed by atoms with Crippen LogP contribution in [0, 0.1) is 5.92 Å². The molecule has 3 aromatic rings. The number of hydrogen-bond acceptors (Lipinski definition) is 5. The summed E-state index contributed by atoms with van der Waals surface area (Å²) in [6.07, 6.45) is 4.50. The maximum Gasteiger partial charge on any atom is 0.261 e. The smallest absolute Gasteiger partial charge is 0.261 e. The van der Waals surface area contributed by atoms with E-state index in [9.17, 15) is 19.2 Å². The molecule has 5 rings (SSSR count). The Hall–Kier alpha value is -3.43. The molecule has 1 aromatic carbocycles. The lowest BCUT2D eigenvalue weighted by Gasteiger charge is -2.22. The average molecular weight is 525 g/mol. The third-order valence-corrected chi connectivity index (χ3v) is 7.75. The summed E-state index contributed by atoms with van der Waals surface area (Å²) in [5.41, 5.74) is 0.903. The van der Waals surface area contributed by atoms with E-state index in [4.69, 9.17) is 11.6 Å². The summed E-state index contributed by atoms with van der Waals surface area (Å²) in [6.45, 7) is 0. The largest absolute Gasteiger partial charge is 0.353 e. The number of rotatable bonds is 7. The van der Waals surface area contributed by atoms with Gasteiger partial charge >= 0.3 is 0 Å². The van der Waals surface area contributed by atoms with Crippen LogP contribution in [0.15, 0.2) is 65.6 Å². The summed E-state index contributed by atoms with van der Waals surface area (Å²) in [7, 11) is 0. The molecule has 2 aliphatic carbocycles. The van der Waals surface area contributed by atoms with Crippen molar-refractivity contribution < 1.29 is 14.4 Å². The first-order valence-electron chi connectivity index (χ1n) is 11.8. The summed E-state index contributed by atoms with van der Waals surface area (Å²) in [5.74, 6) is -0.934. The number of carbonyl (C=O) groups is 3. The van der Waals surface area contributed by atoms with Crippen molar-refractivity contribution in [2.45, 2.75) is 43.8 Å². The normalized spacial score (nSPS) is 21.1. The van der Waals surface area contributed by atoms with E-state index in [-0.39, 0.29) is 35.2 Å². The van der Waals surface area contributed by atoms with Gasteiger partial charge in [-0.3, -0.25) is 23.7 Å². The zero-order valence-electron chi connectivity index (χ0n) is 19.3. The molecular weight excluding hydrogens is 500 g/mol. The van der Waals surface area contributed by atoms with Gasteiger partial charge in [-0.2, -0.15) is 0 Å². The Morgan fingerprint density at radius 3 is 2.17 bits per heavy atom. The monoisotopic (exact) mass is 524 g/mol. The summed E-state index contributed by atoms with van der Waals surface area (Å²) in [6, 6.07) is 14.3. The first kappa shape index (κ1) is 24.3. The molecule has 2 saturated carbocycles. The number of benzene rings is 1. The van der Waals surface area contributed by atoms with Crippen molar-refractivity contribution in [1.82, 2.24) is 20.5 Å². The third kappa shape index (κ3) is 5.52. The number of hydrogen-bond donors (Lipinski definition) is 3. The van der Waals surface area contributed by atoms with Crippen molar-refractivity contribution in [3.63, 3.8) is 0 Å². The Balaban J connectivity index is 1.29. The van der Waals surface area contributed by atoms with Crippen molar-refractivity contribution in [3.05, 3.63) is 85.9 Å². The van der Waals surface area contributed by atoms with Gasteiger partial charge < -0.3 is 16.0 Å². The van der Waals surface area contributed by atoms with E-state index < -0.39 is 12.1 Å². The summed E-state index contributed by atoms with van der Waals surface area (Å²) in [5, 5.41) is 9.02. The predicted molar refractivity (Wildman–Crippen MR) is 138 cm³/mol. The molecular formula is C26H25ClN4O4S. The second-order valence-electron chi connectivity index (χ2n) is 9.17. The third-order valence-electron chi connectivity index (χ3n) is 6.52. The highest BCUT2D eigenvalue weighted by Crippen LogP contribution is 2.30. The number of pyridine rings is 1. The van der Waals surface area contributed by atoms with Crippen molar-refractivity contribution in [3.8, 4) is 5.69 Å². The van der Waals surface area contributed by atoms with E-state index in [0.717, 1.165) is 12.8 Å². The molecule has 3 atom stereocenters. The number of aromatic nitrogens is 1. The van der Waals surface area contributed by atoms with Crippen molar-refractivity contribution in [2.24, 2.45) is 5.92 Å². The lowest BCUT2D eigenvalue weighted by atomic mass is 10.1. The molecule has 0 aliphatic heterocycles. The highest BCUT2D eigenvalue weighted by atomic mass is 35.5. The fraction of sp³-hybridized carbons (Fsp3) is 0.308. The number of nitrogens with one attached hydrogen (secondary N) is 3. The predicted octanol–water partition coefficient (Wildman–Crippen LogP) is 3.14. The molecule has 2 aromatic heterocycles. The van der Waals surface area contributed by atoms with Gasteiger partial charge in [0, 0.05) is 35.5 Å². The molecule has 3 N–H and O–H groups in total. The standard InChI is InChI=1S/C26H25ClN4O4S/c27-22-11-10-21(36-22)26(35)30-20-14-16(25(34)28-17-6-7-17)13-19(20)29-24(33)15-4-8-18(9-5-15)31-12-2-1-3-23(31)32/h1-5,8-12,16-17,19-20H,6-7,13-14H2,(H,28,34)(H,29,33)(H,30,35)/t16-,19-,20+/m0/s1. The maximum atomic E-state index is 13.1. The van der Waals surface area contributed by atoms with Crippen LogP contribution in [0.2, 0.25) is 4.34 Å². The van der Waals surface area contributed by atoms with E-state index in [2.05, 4.69) is 16.0 Å². The molecule has 10 heteroatoms. The molecule has 2 aliphatic rings. The van der Waals surface area contributed by atoms with Crippen LogP contribution in [-0.4, -0.2) is 40.4 Å². The summed E-state index contributed by atoms with van der Waals surface area (Å²) >= 11 is 7.15. The first-order valence-corrected chi connectivity index (χ1v) is 13.0. The molecule has 0 radical (unpaired) electrons. The molecule has 0 spiro atoms. The van der Waals surface area contributed by atoms with Crippen LogP contribution in [0.5, 0.6) is 0 Å². The molecule has 186 valence electrons. The van der Waals surface area contributed by atoms with Gasteiger partial charge in [0.25, 0.3) is 17.4 Å². The fourth-order valence-corrected chi connectivity index (χ4v) is 5.41. The second-order valence-corrected chi connectivity index (χ2v) is 10.9. The molecule has 8 nitrogen and oxygen atoms in total. The highest BCUT2D eigenvalue weighted by molar-refractivity contribution is 7.18. The Morgan fingerprint density at radius 1 is 0.861 bits per heavy atom. The molecule has 2 fully saturated rings. The number of amides is 3. The fourth-order valence-electron chi connectivity index (χ4n) is 4.46. The number of nitrogens with zero attached hydrogens (tertiary/aromatic N) is 1. The van der Waals surface area contributed by atoms with Crippen molar-refractivity contribution >= 4 is 40.7 Å². The number of carbonyl (C=O) groups excluding carboxylic acids is 3. The topological polar surface area (TPSA) is 109 Å². The molecule has 0 bridgehead atoms. The molecule has 2 heterocycles. The minimum absolute atomic E-state index is 0.0367. The van der Waals surface area contributed by atoms with Crippen molar-refractivity contribution in [2.75, 3.05) is 0 Å². The van der Waals surface area contributed by atoms with E-state index in [1.165, 1.54) is 22.0 Å². The number of halogens is 1. The Bertz CT molecular complexity index is 1350. The van der Waals surface area contributed by atoms with Crippen LogP contribution in [0.4, 0.5) is 0 Å². The minimum Gasteiger partial charge on any atom is -0.353 e. The molecule has 3 amide bonds. The van der Waals surface area contributed by atoms with Crippen LogP contribution < -0.4 is 21.5 Å².